The van der Waals surface area contributed by atoms with Crippen molar-refractivity contribution in [2.24, 2.45) is 0 Å². The molecule has 0 atom stereocenters. The van der Waals surface area contributed by atoms with Gasteiger partial charge in [0, 0.05) is 6.08 Å². The van der Waals surface area contributed by atoms with Crippen molar-refractivity contribution in [1.29, 1.82) is 0 Å². The Balaban J connectivity index is 1.76. The van der Waals surface area contributed by atoms with Crippen LogP contribution in [0, 0.1) is 0 Å². The molecular formula is C16H20O4. The smallest absolute Gasteiger partial charge is 0.330 e. The first-order valence-corrected chi connectivity index (χ1v) is 7.04. The Morgan fingerprint density at radius 1 is 1.25 bits per heavy atom. The second kappa shape index (κ2) is 7.58. The second-order valence-electron chi connectivity index (χ2n) is 4.67. The molecule has 1 aliphatic rings. The van der Waals surface area contributed by atoms with Gasteiger partial charge in [0.05, 0.1) is 6.61 Å². The van der Waals surface area contributed by atoms with Crippen molar-refractivity contribution in [2.75, 3.05) is 13.4 Å². The summed E-state index contributed by atoms with van der Waals surface area (Å²) in [7, 11) is 0. The summed E-state index contributed by atoms with van der Waals surface area (Å²) in [6, 6.07) is 5.55. The van der Waals surface area contributed by atoms with Crippen molar-refractivity contribution in [1.82, 2.24) is 0 Å². The zero-order valence-corrected chi connectivity index (χ0v) is 11.8. The molecule has 0 fully saturated rings. The highest BCUT2D eigenvalue weighted by molar-refractivity contribution is 5.87. The summed E-state index contributed by atoms with van der Waals surface area (Å²) in [4.78, 5) is 11.5. The number of esters is 1. The fraction of sp³-hybridized carbons (Fsp3) is 0.438. The average molecular weight is 276 g/mol. The molecule has 108 valence electrons. The highest BCUT2D eigenvalue weighted by atomic mass is 16.7. The highest BCUT2D eigenvalue weighted by Crippen LogP contribution is 2.32. The molecule has 1 aromatic carbocycles. The van der Waals surface area contributed by atoms with E-state index in [4.69, 9.17) is 14.2 Å². The fourth-order valence-electron chi connectivity index (χ4n) is 1.93. The lowest BCUT2D eigenvalue weighted by Gasteiger charge is -2.01. The Morgan fingerprint density at radius 3 is 2.95 bits per heavy atom. The van der Waals surface area contributed by atoms with E-state index < -0.39 is 0 Å². The summed E-state index contributed by atoms with van der Waals surface area (Å²) in [6.45, 7) is 2.90. The molecule has 0 bridgehead atoms. The Kier molecular flexibility index (Phi) is 5.47. The van der Waals surface area contributed by atoms with Crippen LogP contribution in [0.5, 0.6) is 11.5 Å². The van der Waals surface area contributed by atoms with Gasteiger partial charge in [-0.25, -0.2) is 4.79 Å². The molecule has 0 radical (unpaired) electrons. The van der Waals surface area contributed by atoms with Crippen molar-refractivity contribution in [3.8, 4) is 11.5 Å². The van der Waals surface area contributed by atoms with Crippen LogP contribution in [-0.2, 0) is 9.53 Å². The van der Waals surface area contributed by atoms with Crippen LogP contribution >= 0.6 is 0 Å². The third-order valence-corrected chi connectivity index (χ3v) is 3.05. The lowest BCUT2D eigenvalue weighted by molar-refractivity contribution is -0.137. The van der Waals surface area contributed by atoms with Crippen LogP contribution in [0.4, 0.5) is 0 Å². The van der Waals surface area contributed by atoms with Crippen molar-refractivity contribution < 1.29 is 19.0 Å². The number of unbranched alkanes of at least 4 members (excludes halogenated alkanes) is 3. The molecule has 0 saturated carbocycles. The van der Waals surface area contributed by atoms with E-state index in [-0.39, 0.29) is 12.8 Å². The third kappa shape index (κ3) is 4.30. The molecule has 0 aromatic heterocycles. The number of ether oxygens (including phenoxy) is 3. The topological polar surface area (TPSA) is 44.8 Å². The molecule has 1 heterocycles. The minimum absolute atomic E-state index is 0.252. The van der Waals surface area contributed by atoms with Gasteiger partial charge in [-0.1, -0.05) is 32.3 Å². The Hall–Kier alpha value is -1.97. The number of hydrogen-bond acceptors (Lipinski definition) is 4. The predicted molar refractivity (Wildman–Crippen MR) is 76.7 cm³/mol. The van der Waals surface area contributed by atoms with Crippen molar-refractivity contribution >= 4 is 12.0 Å². The van der Waals surface area contributed by atoms with Gasteiger partial charge in [-0.05, 0) is 30.2 Å². The highest BCUT2D eigenvalue weighted by Gasteiger charge is 2.12. The Labute approximate surface area is 119 Å². The standard InChI is InChI=1S/C16H20O4/c1-2-3-4-5-10-18-16(17)9-7-13-6-8-14-15(11-13)20-12-19-14/h6-9,11H,2-5,10,12H2,1H3. The first-order valence-electron chi connectivity index (χ1n) is 7.04. The minimum Gasteiger partial charge on any atom is -0.463 e. The van der Waals surface area contributed by atoms with E-state index in [9.17, 15) is 4.79 Å². The number of benzene rings is 1. The van der Waals surface area contributed by atoms with E-state index in [1.165, 1.54) is 18.9 Å². The summed E-state index contributed by atoms with van der Waals surface area (Å²) in [5, 5.41) is 0. The maximum Gasteiger partial charge on any atom is 0.330 e. The molecule has 2 rings (SSSR count). The molecule has 0 aliphatic carbocycles. The predicted octanol–water partition coefficient (Wildman–Crippen LogP) is 3.55. The van der Waals surface area contributed by atoms with Crippen LogP contribution in [0.1, 0.15) is 38.2 Å². The molecule has 20 heavy (non-hydrogen) atoms. The maximum atomic E-state index is 11.5. The summed E-state index contributed by atoms with van der Waals surface area (Å²) in [6.07, 6.45) is 7.56. The van der Waals surface area contributed by atoms with Gasteiger partial charge in [0.1, 0.15) is 0 Å². The van der Waals surface area contributed by atoms with Gasteiger partial charge in [-0.3, -0.25) is 0 Å². The zero-order chi connectivity index (χ0) is 14.2. The van der Waals surface area contributed by atoms with E-state index in [1.54, 1.807) is 6.08 Å². The van der Waals surface area contributed by atoms with Gasteiger partial charge in [-0.15, -0.1) is 0 Å². The van der Waals surface area contributed by atoms with E-state index in [2.05, 4.69) is 6.92 Å². The van der Waals surface area contributed by atoms with Crippen LogP contribution in [0.3, 0.4) is 0 Å². The molecule has 0 amide bonds. The van der Waals surface area contributed by atoms with Gasteiger partial charge >= 0.3 is 5.97 Å². The van der Waals surface area contributed by atoms with Gasteiger partial charge in [0.2, 0.25) is 6.79 Å². The SMILES string of the molecule is CCCCCCOC(=O)C=Cc1ccc2c(c1)OCO2. The number of carbonyl (C=O) groups is 1. The normalized spacial score (nSPS) is 12.8. The maximum absolute atomic E-state index is 11.5. The molecule has 1 aromatic rings. The monoisotopic (exact) mass is 276 g/mol. The van der Waals surface area contributed by atoms with Crippen molar-refractivity contribution in [3.63, 3.8) is 0 Å². The molecule has 0 saturated heterocycles. The average Bonchev–Trinajstić information content (AvgIpc) is 2.92. The quantitative estimate of drug-likeness (QED) is 0.434. The lowest BCUT2D eigenvalue weighted by atomic mass is 10.2. The van der Waals surface area contributed by atoms with Gasteiger partial charge in [-0.2, -0.15) is 0 Å². The van der Waals surface area contributed by atoms with E-state index in [1.807, 2.05) is 18.2 Å². The lowest BCUT2D eigenvalue weighted by Crippen LogP contribution is -2.02. The summed E-state index contributed by atoms with van der Waals surface area (Å²) in [5.41, 5.74) is 0.886. The third-order valence-electron chi connectivity index (χ3n) is 3.05. The molecule has 0 unspecified atom stereocenters. The summed E-state index contributed by atoms with van der Waals surface area (Å²) >= 11 is 0. The molecular weight excluding hydrogens is 256 g/mol. The minimum atomic E-state index is -0.306. The fourth-order valence-corrected chi connectivity index (χ4v) is 1.93. The summed E-state index contributed by atoms with van der Waals surface area (Å²) in [5.74, 6) is 1.14. The van der Waals surface area contributed by atoms with Crippen LogP contribution in [0.2, 0.25) is 0 Å². The zero-order valence-electron chi connectivity index (χ0n) is 11.8. The van der Waals surface area contributed by atoms with Crippen molar-refractivity contribution in [2.45, 2.75) is 32.6 Å². The number of fused-ring (bicyclic) bond motifs is 1. The summed E-state index contributed by atoms with van der Waals surface area (Å²) < 4.78 is 15.6. The van der Waals surface area contributed by atoms with Gasteiger partial charge in [0.15, 0.2) is 11.5 Å². The molecule has 0 spiro atoms. The number of rotatable bonds is 7. The van der Waals surface area contributed by atoms with Crippen molar-refractivity contribution in [3.05, 3.63) is 29.8 Å². The van der Waals surface area contributed by atoms with Gasteiger partial charge in [0.25, 0.3) is 0 Å². The van der Waals surface area contributed by atoms with Crippen LogP contribution in [0.15, 0.2) is 24.3 Å². The van der Waals surface area contributed by atoms with E-state index >= 15 is 0 Å². The molecule has 1 aliphatic heterocycles. The number of hydrogen-bond donors (Lipinski definition) is 0. The van der Waals surface area contributed by atoms with Crippen LogP contribution in [-0.4, -0.2) is 19.4 Å². The van der Waals surface area contributed by atoms with Crippen LogP contribution in [0.25, 0.3) is 6.08 Å². The second-order valence-corrected chi connectivity index (χ2v) is 4.67. The molecule has 4 nitrogen and oxygen atoms in total. The molecule has 0 N–H and O–H groups in total. The van der Waals surface area contributed by atoms with E-state index in [0.29, 0.717) is 12.4 Å². The van der Waals surface area contributed by atoms with E-state index in [0.717, 1.165) is 24.2 Å². The van der Waals surface area contributed by atoms with Gasteiger partial charge < -0.3 is 14.2 Å². The number of carbonyl (C=O) groups excluding carboxylic acids is 1. The first kappa shape index (κ1) is 14.4. The first-order chi connectivity index (χ1) is 9.79. The Morgan fingerprint density at radius 2 is 2.10 bits per heavy atom. The van der Waals surface area contributed by atoms with Crippen LogP contribution < -0.4 is 9.47 Å². The largest absolute Gasteiger partial charge is 0.463 e. The Bertz CT molecular complexity index is 479. The molecule has 4 heteroatoms.